The summed E-state index contributed by atoms with van der Waals surface area (Å²) in [6.45, 7) is 13.2. The maximum Gasteiger partial charge on any atom is 2.00 e. The Morgan fingerprint density at radius 3 is 2.21 bits per heavy atom. The second-order valence-electron chi connectivity index (χ2n) is 12.6. The van der Waals surface area contributed by atoms with Crippen LogP contribution in [0.15, 0.2) is 85.1 Å². The third-order valence-corrected chi connectivity index (χ3v) is 8.84. The van der Waals surface area contributed by atoms with Gasteiger partial charge in [0.1, 0.15) is 5.82 Å². The van der Waals surface area contributed by atoms with Gasteiger partial charge in [-0.25, -0.2) is 4.98 Å². The normalized spacial score (nSPS) is 11.3. The average molecular weight is 812 g/mol. The fourth-order valence-electron chi connectivity index (χ4n) is 7.00. The number of aryl methyl sites for hydroxylation is 5. The molecule has 6 heteroatoms. The molecular weight excluding hydrogens is 772 g/mol. The zero-order valence-corrected chi connectivity index (χ0v) is 30.7. The molecule has 7 aromatic rings. The molecule has 3 aromatic heterocycles. The number of hydrogen-bond donors (Lipinski definition) is 0. The SMILES string of the molecule is CCCc1nn(-c2[c-]c(Oc3[c-]c4c(cc3)c3ccccc3n4-c3cc(C)ccn3)ccc2)c(CCC)c1-c1c(C)cc(C)cc1C.[Pt+2]. The second-order valence-corrected chi connectivity index (χ2v) is 12.6. The third-order valence-electron chi connectivity index (χ3n) is 8.84. The molecule has 0 aliphatic carbocycles. The van der Waals surface area contributed by atoms with Gasteiger partial charge in [0.15, 0.2) is 0 Å². The molecule has 7 rings (SSSR count). The first-order valence-corrected chi connectivity index (χ1v) is 16.6. The number of pyridine rings is 1. The predicted molar refractivity (Wildman–Crippen MR) is 192 cm³/mol. The van der Waals surface area contributed by atoms with E-state index in [4.69, 9.17) is 14.8 Å². The van der Waals surface area contributed by atoms with Gasteiger partial charge in [-0.05, 0) is 92.1 Å². The number of nitrogens with zero attached hydrogens (tertiary/aromatic N) is 4. The number of hydrogen-bond acceptors (Lipinski definition) is 3. The molecule has 48 heavy (non-hydrogen) atoms. The van der Waals surface area contributed by atoms with Crippen LogP contribution in [-0.4, -0.2) is 19.3 Å². The molecule has 0 unspecified atom stereocenters. The first kappa shape index (κ1) is 33.4. The van der Waals surface area contributed by atoms with Gasteiger partial charge in [0.05, 0.1) is 5.69 Å². The van der Waals surface area contributed by atoms with Crippen molar-refractivity contribution in [3.05, 3.63) is 131 Å². The van der Waals surface area contributed by atoms with Crippen LogP contribution in [0.5, 0.6) is 11.5 Å². The van der Waals surface area contributed by atoms with Gasteiger partial charge in [-0.3, -0.25) is 4.68 Å². The van der Waals surface area contributed by atoms with Crippen molar-refractivity contribution in [1.82, 2.24) is 19.3 Å². The Morgan fingerprint density at radius 1 is 0.708 bits per heavy atom. The third kappa shape index (κ3) is 6.13. The Labute approximate surface area is 297 Å². The van der Waals surface area contributed by atoms with E-state index in [1.165, 1.54) is 33.5 Å². The molecule has 5 nitrogen and oxygen atoms in total. The summed E-state index contributed by atoms with van der Waals surface area (Å²) in [6, 6.07) is 34.4. The van der Waals surface area contributed by atoms with Crippen LogP contribution in [0.25, 0.3) is 44.4 Å². The van der Waals surface area contributed by atoms with Crippen LogP contribution in [0.1, 0.15) is 60.3 Å². The van der Waals surface area contributed by atoms with Crippen LogP contribution in [0, 0.1) is 39.8 Å². The standard InChI is InChI=1S/C42H40N4O.Pt/c1-7-12-36-42(41-29(5)22-28(4)23-30(41)6)38(13-8-2)46(44-36)31-14-11-15-32(25-31)47-33-18-19-35-34-16-9-10-17-37(34)45(39(35)26-33)40-24-27(3)20-21-43-40;/h9-11,14-24H,7-8,12-13H2,1-6H3;/q-2;+2. The molecule has 0 saturated heterocycles. The summed E-state index contributed by atoms with van der Waals surface area (Å²) < 4.78 is 10.8. The van der Waals surface area contributed by atoms with Gasteiger partial charge in [0.2, 0.25) is 0 Å². The Hall–Kier alpha value is -4.47. The van der Waals surface area contributed by atoms with Crippen molar-refractivity contribution in [3.8, 4) is 34.1 Å². The summed E-state index contributed by atoms with van der Waals surface area (Å²) in [5.74, 6) is 2.10. The summed E-state index contributed by atoms with van der Waals surface area (Å²) in [6.07, 6.45) is 5.73. The molecule has 0 bridgehead atoms. The van der Waals surface area contributed by atoms with Gasteiger partial charge in [0, 0.05) is 34.5 Å². The average Bonchev–Trinajstić information content (AvgIpc) is 3.56. The Balaban J connectivity index is 0.00000401. The number of ether oxygens (including phenoxy) is 1. The van der Waals surface area contributed by atoms with Crippen LogP contribution in [0.3, 0.4) is 0 Å². The van der Waals surface area contributed by atoms with Crippen LogP contribution in [0.4, 0.5) is 0 Å². The summed E-state index contributed by atoms with van der Waals surface area (Å²) in [5.41, 5.74) is 12.9. The molecule has 0 saturated carbocycles. The fraction of sp³-hybridized carbons (Fsp3) is 0.238. The molecule has 244 valence electrons. The van der Waals surface area contributed by atoms with E-state index in [9.17, 15) is 0 Å². The zero-order valence-electron chi connectivity index (χ0n) is 28.4. The molecule has 0 aliphatic rings. The smallest absolute Gasteiger partial charge is 0.509 e. The van der Waals surface area contributed by atoms with Crippen molar-refractivity contribution in [2.75, 3.05) is 0 Å². The van der Waals surface area contributed by atoms with Gasteiger partial charge >= 0.3 is 21.1 Å². The van der Waals surface area contributed by atoms with Gasteiger partial charge in [-0.1, -0.05) is 68.1 Å². The number of rotatable bonds is 9. The van der Waals surface area contributed by atoms with Crippen molar-refractivity contribution in [2.45, 2.75) is 67.2 Å². The molecule has 0 fully saturated rings. The van der Waals surface area contributed by atoms with Crippen molar-refractivity contribution < 1.29 is 25.8 Å². The molecule has 0 radical (unpaired) electrons. The van der Waals surface area contributed by atoms with Crippen molar-refractivity contribution in [2.24, 2.45) is 0 Å². The van der Waals surface area contributed by atoms with Crippen LogP contribution in [0.2, 0.25) is 0 Å². The molecular formula is C42H40N4OPt. The number of aromatic nitrogens is 4. The molecule has 4 aromatic carbocycles. The van der Waals surface area contributed by atoms with E-state index in [2.05, 4.69) is 118 Å². The number of benzene rings is 4. The van der Waals surface area contributed by atoms with E-state index in [0.717, 1.165) is 70.3 Å². The fourth-order valence-corrected chi connectivity index (χ4v) is 7.00. The summed E-state index contributed by atoms with van der Waals surface area (Å²) in [7, 11) is 0. The second kappa shape index (κ2) is 13.9. The quantitative estimate of drug-likeness (QED) is 0.136. The summed E-state index contributed by atoms with van der Waals surface area (Å²) >= 11 is 0. The van der Waals surface area contributed by atoms with Gasteiger partial charge in [-0.2, -0.15) is 17.2 Å². The monoisotopic (exact) mass is 811 g/mol. The van der Waals surface area contributed by atoms with E-state index in [0.29, 0.717) is 11.5 Å². The largest absolute Gasteiger partial charge is 2.00 e. The predicted octanol–water partition coefficient (Wildman–Crippen LogP) is 10.6. The van der Waals surface area contributed by atoms with Crippen molar-refractivity contribution in [1.29, 1.82) is 0 Å². The number of para-hydroxylation sites is 1. The maximum atomic E-state index is 6.49. The van der Waals surface area contributed by atoms with Gasteiger partial charge in [0.25, 0.3) is 0 Å². The first-order valence-electron chi connectivity index (χ1n) is 16.6. The first-order chi connectivity index (χ1) is 22.9. The topological polar surface area (TPSA) is 44.9 Å². The van der Waals surface area contributed by atoms with Crippen LogP contribution >= 0.6 is 0 Å². The van der Waals surface area contributed by atoms with E-state index >= 15 is 0 Å². The van der Waals surface area contributed by atoms with Crippen molar-refractivity contribution in [3.63, 3.8) is 0 Å². The van der Waals surface area contributed by atoms with Gasteiger partial charge < -0.3 is 9.30 Å². The minimum absolute atomic E-state index is 0. The van der Waals surface area contributed by atoms with Crippen molar-refractivity contribution >= 4 is 21.8 Å². The van der Waals surface area contributed by atoms with Gasteiger partial charge in [-0.15, -0.1) is 35.7 Å². The van der Waals surface area contributed by atoms with E-state index in [1.54, 1.807) is 0 Å². The van der Waals surface area contributed by atoms with E-state index in [-0.39, 0.29) is 21.1 Å². The van der Waals surface area contributed by atoms with E-state index in [1.807, 2.05) is 30.5 Å². The summed E-state index contributed by atoms with van der Waals surface area (Å²) in [4.78, 5) is 4.71. The molecule has 0 aliphatic heterocycles. The Kier molecular flexibility index (Phi) is 9.71. The molecule has 0 spiro atoms. The van der Waals surface area contributed by atoms with E-state index < -0.39 is 0 Å². The van der Waals surface area contributed by atoms with Crippen LogP contribution in [-0.2, 0) is 33.9 Å². The molecule has 0 atom stereocenters. The summed E-state index contributed by atoms with van der Waals surface area (Å²) in [5, 5.41) is 7.51. The molecule has 0 amide bonds. The minimum Gasteiger partial charge on any atom is -0.509 e. The molecule has 3 heterocycles. The zero-order chi connectivity index (χ0) is 32.7. The molecule has 0 N–H and O–H groups in total. The minimum atomic E-state index is 0. The van der Waals surface area contributed by atoms with Crippen LogP contribution < -0.4 is 4.74 Å². The number of fused-ring (bicyclic) bond motifs is 3. The maximum absolute atomic E-state index is 6.49. The Morgan fingerprint density at radius 2 is 1.46 bits per heavy atom. The Bertz CT molecular complexity index is 2240.